The summed E-state index contributed by atoms with van der Waals surface area (Å²) in [5.41, 5.74) is 6.19. The summed E-state index contributed by atoms with van der Waals surface area (Å²) in [4.78, 5) is 0. The molecule has 17 heavy (non-hydrogen) atoms. The molecule has 0 spiro atoms. The summed E-state index contributed by atoms with van der Waals surface area (Å²) in [5, 5.41) is 0.437. The van der Waals surface area contributed by atoms with Crippen molar-refractivity contribution >= 4 is 21.6 Å². The molecule has 0 aromatic carbocycles. The smallest absolute Gasteiger partial charge is 0.150 e. The van der Waals surface area contributed by atoms with Gasteiger partial charge in [0, 0.05) is 18.1 Å². The molecular formula is C12H25NO2S2. The van der Waals surface area contributed by atoms with Crippen molar-refractivity contribution in [1.82, 2.24) is 0 Å². The maximum absolute atomic E-state index is 11.6. The van der Waals surface area contributed by atoms with Gasteiger partial charge in [0.05, 0.1) is 5.25 Å². The predicted octanol–water partition coefficient (Wildman–Crippen LogP) is 2.06. The van der Waals surface area contributed by atoms with Crippen LogP contribution in [-0.4, -0.2) is 37.0 Å². The fourth-order valence-corrected chi connectivity index (χ4v) is 4.47. The number of sulfone groups is 1. The lowest BCUT2D eigenvalue weighted by Gasteiger charge is -2.32. The van der Waals surface area contributed by atoms with E-state index in [2.05, 4.69) is 13.8 Å². The fourth-order valence-electron chi connectivity index (χ4n) is 2.40. The van der Waals surface area contributed by atoms with Crippen molar-refractivity contribution in [3.63, 3.8) is 0 Å². The maximum Gasteiger partial charge on any atom is 0.150 e. The SMILES string of the molecule is CC(C)SCC(N)C1CCCC(S(C)(=O)=O)C1. The molecule has 3 atom stereocenters. The molecule has 3 unspecified atom stereocenters. The summed E-state index contributed by atoms with van der Waals surface area (Å²) in [6, 6.07) is 0.145. The average molecular weight is 279 g/mol. The van der Waals surface area contributed by atoms with Gasteiger partial charge in [-0.15, -0.1) is 0 Å². The molecule has 0 aliphatic heterocycles. The van der Waals surface area contributed by atoms with Crippen LogP contribution in [0.5, 0.6) is 0 Å². The third-order valence-corrected chi connectivity index (χ3v) is 6.38. The van der Waals surface area contributed by atoms with Crippen molar-refractivity contribution in [2.45, 2.75) is 56.1 Å². The second-order valence-electron chi connectivity index (χ2n) is 5.42. The molecule has 1 saturated carbocycles. The second-order valence-corrected chi connectivity index (χ2v) is 9.36. The number of rotatable bonds is 5. The minimum absolute atomic E-state index is 0.145. The van der Waals surface area contributed by atoms with Gasteiger partial charge in [-0.1, -0.05) is 20.3 Å². The Hall–Kier alpha value is 0.260. The Labute approximate surface area is 110 Å². The number of hydrogen-bond donors (Lipinski definition) is 1. The van der Waals surface area contributed by atoms with Gasteiger partial charge in [0.2, 0.25) is 0 Å². The van der Waals surface area contributed by atoms with Crippen LogP contribution in [0.25, 0.3) is 0 Å². The summed E-state index contributed by atoms with van der Waals surface area (Å²) in [7, 11) is -2.89. The third-order valence-electron chi connectivity index (χ3n) is 3.50. The van der Waals surface area contributed by atoms with E-state index < -0.39 is 9.84 Å². The molecule has 0 saturated heterocycles. The summed E-state index contributed by atoms with van der Waals surface area (Å²) >= 11 is 1.87. The summed E-state index contributed by atoms with van der Waals surface area (Å²) in [5.74, 6) is 1.33. The zero-order valence-electron chi connectivity index (χ0n) is 11.1. The van der Waals surface area contributed by atoms with Gasteiger partial charge in [0.1, 0.15) is 9.84 Å². The molecule has 3 nitrogen and oxygen atoms in total. The minimum Gasteiger partial charge on any atom is -0.327 e. The fraction of sp³-hybridized carbons (Fsp3) is 1.00. The number of nitrogens with two attached hydrogens (primary N) is 1. The topological polar surface area (TPSA) is 60.2 Å². The Morgan fingerprint density at radius 2 is 2.00 bits per heavy atom. The molecule has 0 bridgehead atoms. The average Bonchev–Trinajstić information content (AvgIpc) is 2.25. The predicted molar refractivity (Wildman–Crippen MR) is 76.2 cm³/mol. The molecule has 5 heteroatoms. The second kappa shape index (κ2) is 6.43. The molecule has 102 valence electrons. The first-order chi connectivity index (χ1) is 7.80. The molecule has 1 aliphatic rings. The first-order valence-corrected chi connectivity index (χ1v) is 9.37. The van der Waals surface area contributed by atoms with E-state index in [1.807, 2.05) is 11.8 Å². The van der Waals surface area contributed by atoms with E-state index >= 15 is 0 Å². The van der Waals surface area contributed by atoms with E-state index in [9.17, 15) is 8.42 Å². The van der Waals surface area contributed by atoms with Crippen LogP contribution in [0.1, 0.15) is 39.5 Å². The van der Waals surface area contributed by atoms with Crippen LogP contribution < -0.4 is 5.73 Å². The molecule has 2 N–H and O–H groups in total. The van der Waals surface area contributed by atoms with Crippen LogP contribution in [-0.2, 0) is 9.84 Å². The van der Waals surface area contributed by atoms with Gasteiger partial charge in [-0.05, 0) is 30.4 Å². The van der Waals surface area contributed by atoms with Crippen molar-refractivity contribution in [3.05, 3.63) is 0 Å². The Balaban J connectivity index is 2.49. The Morgan fingerprint density at radius 1 is 1.35 bits per heavy atom. The van der Waals surface area contributed by atoms with Gasteiger partial charge < -0.3 is 5.73 Å². The van der Waals surface area contributed by atoms with Crippen molar-refractivity contribution in [1.29, 1.82) is 0 Å². The van der Waals surface area contributed by atoms with E-state index in [0.29, 0.717) is 11.2 Å². The molecular weight excluding hydrogens is 254 g/mol. The highest BCUT2D eigenvalue weighted by Crippen LogP contribution is 2.31. The van der Waals surface area contributed by atoms with Crippen LogP contribution in [0, 0.1) is 5.92 Å². The normalized spacial score (nSPS) is 28.3. The van der Waals surface area contributed by atoms with Gasteiger partial charge in [-0.3, -0.25) is 0 Å². The largest absolute Gasteiger partial charge is 0.327 e. The summed E-state index contributed by atoms with van der Waals surface area (Å²) in [6.45, 7) is 4.33. The van der Waals surface area contributed by atoms with Crippen LogP contribution in [0.2, 0.25) is 0 Å². The van der Waals surface area contributed by atoms with E-state index in [-0.39, 0.29) is 11.3 Å². The van der Waals surface area contributed by atoms with E-state index in [4.69, 9.17) is 5.73 Å². The molecule has 1 aliphatic carbocycles. The number of hydrogen-bond acceptors (Lipinski definition) is 4. The van der Waals surface area contributed by atoms with Gasteiger partial charge in [-0.25, -0.2) is 8.42 Å². The molecule has 0 heterocycles. The first kappa shape index (κ1) is 15.3. The lowest BCUT2D eigenvalue weighted by atomic mass is 9.84. The molecule has 1 rings (SSSR count). The number of thioether (sulfide) groups is 1. The van der Waals surface area contributed by atoms with Crippen LogP contribution in [0.15, 0.2) is 0 Å². The standard InChI is InChI=1S/C12H25NO2S2/c1-9(2)16-8-12(13)10-5-4-6-11(7-10)17(3,14)15/h9-12H,4-8,13H2,1-3H3. The molecule has 1 fully saturated rings. The van der Waals surface area contributed by atoms with Gasteiger partial charge in [0.25, 0.3) is 0 Å². The highest BCUT2D eigenvalue weighted by Gasteiger charge is 2.31. The quantitative estimate of drug-likeness (QED) is 0.837. The summed E-state index contributed by atoms with van der Waals surface area (Å²) in [6.07, 6.45) is 5.03. The van der Waals surface area contributed by atoms with Crippen molar-refractivity contribution in [2.75, 3.05) is 12.0 Å². The zero-order valence-corrected chi connectivity index (χ0v) is 12.7. The Kier molecular flexibility index (Phi) is 5.80. The van der Waals surface area contributed by atoms with Crippen molar-refractivity contribution in [2.24, 2.45) is 11.7 Å². The molecule has 0 amide bonds. The Bertz CT molecular complexity index is 327. The highest BCUT2D eigenvalue weighted by atomic mass is 32.2. The van der Waals surface area contributed by atoms with Gasteiger partial charge in [-0.2, -0.15) is 11.8 Å². The third kappa shape index (κ3) is 5.18. The molecule has 0 aromatic heterocycles. The highest BCUT2D eigenvalue weighted by molar-refractivity contribution is 7.99. The minimum atomic E-state index is -2.89. The van der Waals surface area contributed by atoms with Gasteiger partial charge >= 0.3 is 0 Å². The molecule has 0 radical (unpaired) electrons. The monoisotopic (exact) mass is 279 g/mol. The van der Waals surface area contributed by atoms with E-state index in [0.717, 1.165) is 31.4 Å². The van der Waals surface area contributed by atoms with Crippen LogP contribution in [0.4, 0.5) is 0 Å². The first-order valence-electron chi connectivity index (χ1n) is 6.36. The van der Waals surface area contributed by atoms with Crippen molar-refractivity contribution < 1.29 is 8.42 Å². The van der Waals surface area contributed by atoms with E-state index in [1.165, 1.54) is 6.26 Å². The molecule has 0 aromatic rings. The van der Waals surface area contributed by atoms with Crippen LogP contribution >= 0.6 is 11.8 Å². The van der Waals surface area contributed by atoms with Crippen molar-refractivity contribution in [3.8, 4) is 0 Å². The van der Waals surface area contributed by atoms with Crippen LogP contribution in [0.3, 0.4) is 0 Å². The van der Waals surface area contributed by atoms with E-state index in [1.54, 1.807) is 0 Å². The van der Waals surface area contributed by atoms with Gasteiger partial charge in [0.15, 0.2) is 0 Å². The lowest BCUT2D eigenvalue weighted by Crippen LogP contribution is -2.39. The zero-order chi connectivity index (χ0) is 13.1. The lowest BCUT2D eigenvalue weighted by molar-refractivity contribution is 0.319. The summed E-state index contributed by atoms with van der Waals surface area (Å²) < 4.78 is 23.1. The maximum atomic E-state index is 11.6. The Morgan fingerprint density at radius 3 is 2.53 bits per heavy atom.